The highest BCUT2D eigenvalue weighted by Gasteiger charge is 2.07. The lowest BCUT2D eigenvalue weighted by atomic mass is 10.3. The molecule has 0 saturated heterocycles. The molecule has 0 aliphatic heterocycles. The lowest BCUT2D eigenvalue weighted by molar-refractivity contribution is 0.281. The summed E-state index contributed by atoms with van der Waals surface area (Å²) in [4.78, 5) is 8.27. The molecule has 6 heteroatoms. The predicted octanol–water partition coefficient (Wildman–Crippen LogP) is 1.74. The van der Waals surface area contributed by atoms with E-state index in [2.05, 4.69) is 27.5 Å². The predicted molar refractivity (Wildman–Crippen MR) is 66.0 cm³/mol. The van der Waals surface area contributed by atoms with Crippen LogP contribution in [0.3, 0.4) is 0 Å². The number of nitrogens with zero attached hydrogens (tertiary/aromatic N) is 2. The van der Waals surface area contributed by atoms with Crippen LogP contribution in [0, 0.1) is 0 Å². The molecule has 0 aliphatic rings. The maximum absolute atomic E-state index is 8.93. The van der Waals surface area contributed by atoms with Crippen molar-refractivity contribution in [1.82, 2.24) is 9.97 Å². The number of aromatic nitrogens is 2. The summed E-state index contributed by atoms with van der Waals surface area (Å²) >= 11 is 5.93. The van der Waals surface area contributed by atoms with Crippen molar-refractivity contribution in [3.05, 3.63) is 11.2 Å². The van der Waals surface area contributed by atoms with Gasteiger partial charge in [0.1, 0.15) is 5.02 Å². The first-order valence-corrected chi connectivity index (χ1v) is 5.69. The van der Waals surface area contributed by atoms with E-state index in [0.717, 1.165) is 13.0 Å². The molecule has 1 rings (SSSR count). The lowest BCUT2D eigenvalue weighted by Crippen LogP contribution is -2.20. The fraction of sp³-hybridized carbons (Fsp3) is 0.600. The van der Waals surface area contributed by atoms with Crippen LogP contribution >= 0.6 is 11.6 Å². The van der Waals surface area contributed by atoms with Crippen LogP contribution < -0.4 is 10.6 Å². The molecule has 16 heavy (non-hydrogen) atoms. The van der Waals surface area contributed by atoms with Gasteiger partial charge >= 0.3 is 0 Å². The van der Waals surface area contributed by atoms with E-state index in [4.69, 9.17) is 16.7 Å². The summed E-state index contributed by atoms with van der Waals surface area (Å²) < 4.78 is 0. The topological polar surface area (TPSA) is 70.1 Å². The minimum atomic E-state index is -0.0913. The third-order valence-electron chi connectivity index (χ3n) is 1.93. The molecule has 0 amide bonds. The Bertz CT molecular complexity index is 335. The summed E-state index contributed by atoms with van der Waals surface area (Å²) in [6.45, 7) is 4.75. The molecule has 0 aromatic carbocycles. The van der Waals surface area contributed by atoms with E-state index < -0.39 is 0 Å². The van der Waals surface area contributed by atoms with Crippen molar-refractivity contribution in [2.75, 3.05) is 23.8 Å². The molecule has 5 nitrogen and oxygen atoms in total. The van der Waals surface area contributed by atoms with Crippen LogP contribution in [0.15, 0.2) is 6.20 Å². The van der Waals surface area contributed by atoms with Gasteiger partial charge in [0.05, 0.1) is 12.8 Å². The fourth-order valence-corrected chi connectivity index (χ4v) is 1.21. The van der Waals surface area contributed by atoms with Crippen molar-refractivity contribution >= 4 is 23.4 Å². The van der Waals surface area contributed by atoms with E-state index in [1.54, 1.807) is 6.20 Å². The summed E-state index contributed by atoms with van der Waals surface area (Å²) in [7, 11) is 0. The van der Waals surface area contributed by atoms with Crippen LogP contribution in [0.1, 0.15) is 20.3 Å². The average molecular weight is 245 g/mol. The summed E-state index contributed by atoms with van der Waals surface area (Å²) in [5.74, 6) is 1.08. The Labute approximate surface area is 100 Å². The molecule has 0 bridgehead atoms. The second-order valence-corrected chi connectivity index (χ2v) is 3.95. The smallest absolute Gasteiger partial charge is 0.224 e. The minimum Gasteiger partial charge on any atom is -0.394 e. The van der Waals surface area contributed by atoms with Crippen LogP contribution in [0.2, 0.25) is 5.02 Å². The van der Waals surface area contributed by atoms with E-state index in [9.17, 15) is 0 Å². The molecular weight excluding hydrogens is 228 g/mol. The van der Waals surface area contributed by atoms with Crippen molar-refractivity contribution in [3.63, 3.8) is 0 Å². The van der Waals surface area contributed by atoms with Crippen molar-refractivity contribution < 1.29 is 5.11 Å². The van der Waals surface area contributed by atoms with Gasteiger partial charge in [-0.25, -0.2) is 4.98 Å². The molecule has 1 unspecified atom stereocenters. The van der Waals surface area contributed by atoms with Gasteiger partial charge in [0.15, 0.2) is 5.82 Å². The summed E-state index contributed by atoms with van der Waals surface area (Å²) in [5.41, 5.74) is 0. The number of aliphatic hydroxyl groups excluding tert-OH is 1. The number of anilines is 2. The molecule has 0 aliphatic carbocycles. The highest BCUT2D eigenvalue weighted by molar-refractivity contribution is 6.32. The normalized spacial score (nSPS) is 12.2. The van der Waals surface area contributed by atoms with Crippen LogP contribution in [-0.2, 0) is 0 Å². The quantitative estimate of drug-likeness (QED) is 0.711. The summed E-state index contributed by atoms with van der Waals surface area (Å²) in [5, 5.41) is 15.5. The number of rotatable bonds is 6. The van der Waals surface area contributed by atoms with Crippen molar-refractivity contribution in [1.29, 1.82) is 0 Å². The number of hydrogen-bond acceptors (Lipinski definition) is 5. The van der Waals surface area contributed by atoms with Gasteiger partial charge in [0.2, 0.25) is 5.95 Å². The Morgan fingerprint density at radius 3 is 2.94 bits per heavy atom. The highest BCUT2D eigenvalue weighted by atomic mass is 35.5. The number of nitrogens with one attached hydrogen (secondary N) is 2. The molecule has 90 valence electrons. The molecule has 0 spiro atoms. The average Bonchev–Trinajstić information content (AvgIpc) is 2.30. The Kier molecular flexibility index (Phi) is 5.28. The van der Waals surface area contributed by atoms with Gasteiger partial charge in [-0.15, -0.1) is 0 Å². The van der Waals surface area contributed by atoms with E-state index in [1.165, 1.54) is 0 Å². The van der Waals surface area contributed by atoms with Gasteiger partial charge in [-0.05, 0) is 13.3 Å². The fourth-order valence-electron chi connectivity index (χ4n) is 1.07. The van der Waals surface area contributed by atoms with Crippen LogP contribution in [0.25, 0.3) is 0 Å². The van der Waals surface area contributed by atoms with Gasteiger partial charge in [-0.2, -0.15) is 4.98 Å². The van der Waals surface area contributed by atoms with Gasteiger partial charge < -0.3 is 15.7 Å². The molecule has 0 radical (unpaired) electrons. The minimum absolute atomic E-state index is 0.0258. The Morgan fingerprint density at radius 2 is 2.31 bits per heavy atom. The first-order chi connectivity index (χ1) is 7.67. The Balaban J connectivity index is 2.73. The molecule has 1 heterocycles. The third-order valence-corrected chi connectivity index (χ3v) is 2.21. The van der Waals surface area contributed by atoms with Crippen LogP contribution in [0.4, 0.5) is 11.8 Å². The van der Waals surface area contributed by atoms with E-state index in [-0.39, 0.29) is 12.6 Å². The van der Waals surface area contributed by atoms with Gasteiger partial charge in [0, 0.05) is 12.6 Å². The number of halogens is 1. The molecule has 0 saturated carbocycles. The largest absolute Gasteiger partial charge is 0.394 e. The zero-order valence-corrected chi connectivity index (χ0v) is 10.3. The van der Waals surface area contributed by atoms with E-state index in [1.807, 2.05) is 6.92 Å². The highest BCUT2D eigenvalue weighted by Crippen LogP contribution is 2.19. The SMILES string of the molecule is CCCNc1ncc(Cl)c(NC(C)CO)n1. The number of hydrogen-bond donors (Lipinski definition) is 3. The zero-order chi connectivity index (χ0) is 12.0. The van der Waals surface area contributed by atoms with Gasteiger partial charge in [-0.3, -0.25) is 0 Å². The van der Waals surface area contributed by atoms with Crippen molar-refractivity contribution in [2.24, 2.45) is 0 Å². The van der Waals surface area contributed by atoms with Gasteiger partial charge in [0.25, 0.3) is 0 Å². The zero-order valence-electron chi connectivity index (χ0n) is 9.50. The van der Waals surface area contributed by atoms with Gasteiger partial charge in [-0.1, -0.05) is 18.5 Å². The first kappa shape index (κ1) is 13.0. The molecule has 1 aromatic heterocycles. The Morgan fingerprint density at radius 1 is 1.56 bits per heavy atom. The van der Waals surface area contributed by atoms with Crippen LogP contribution in [-0.4, -0.2) is 34.3 Å². The number of aliphatic hydroxyl groups is 1. The molecule has 0 fully saturated rings. The van der Waals surface area contributed by atoms with Crippen molar-refractivity contribution in [3.8, 4) is 0 Å². The molecule has 1 aromatic rings. The molecular formula is C10H17ClN4O. The first-order valence-electron chi connectivity index (χ1n) is 5.31. The standard InChI is InChI=1S/C10H17ClN4O/c1-3-4-12-10-13-5-8(11)9(15-10)14-7(2)6-16/h5,7,16H,3-4,6H2,1-2H3,(H2,12,13,14,15). The van der Waals surface area contributed by atoms with Crippen molar-refractivity contribution in [2.45, 2.75) is 26.3 Å². The summed E-state index contributed by atoms with van der Waals surface area (Å²) in [6.07, 6.45) is 2.54. The second-order valence-electron chi connectivity index (χ2n) is 3.54. The monoisotopic (exact) mass is 244 g/mol. The summed E-state index contributed by atoms with van der Waals surface area (Å²) in [6, 6.07) is -0.0913. The maximum atomic E-state index is 8.93. The second kappa shape index (κ2) is 6.50. The molecule has 1 atom stereocenters. The lowest BCUT2D eigenvalue weighted by Gasteiger charge is -2.13. The van der Waals surface area contributed by atoms with E-state index in [0.29, 0.717) is 16.8 Å². The third kappa shape index (κ3) is 3.83. The molecule has 3 N–H and O–H groups in total. The van der Waals surface area contributed by atoms with E-state index >= 15 is 0 Å². The van der Waals surface area contributed by atoms with Crippen LogP contribution in [0.5, 0.6) is 0 Å². The Hall–Kier alpha value is -1.07. The maximum Gasteiger partial charge on any atom is 0.224 e.